The number of nitrogens with one attached hydrogen (secondary N) is 1. The van der Waals surface area contributed by atoms with Gasteiger partial charge in [-0.15, -0.1) is 10.2 Å². The monoisotopic (exact) mass is 270 g/mol. The van der Waals surface area contributed by atoms with Gasteiger partial charge in [0, 0.05) is 12.5 Å². The number of rotatable bonds is 5. The Labute approximate surface area is 120 Å². The first-order valence-corrected chi connectivity index (χ1v) is 7.56. The standard InChI is InChI=1S/C16H22N4/c1-2-5-14(6-3-1)7-4-12-20-13-18-19-16(20)15-8-10-17-11-9-15/h1-3,5-6,13,15,17H,4,7-12H2. The summed E-state index contributed by atoms with van der Waals surface area (Å²) in [4.78, 5) is 0. The molecule has 1 saturated heterocycles. The van der Waals surface area contributed by atoms with Crippen molar-refractivity contribution in [3.05, 3.63) is 48.0 Å². The van der Waals surface area contributed by atoms with E-state index in [2.05, 4.69) is 50.4 Å². The molecule has 3 rings (SSSR count). The molecule has 0 unspecified atom stereocenters. The van der Waals surface area contributed by atoms with E-state index in [1.807, 2.05) is 6.33 Å². The van der Waals surface area contributed by atoms with Gasteiger partial charge in [0.2, 0.25) is 0 Å². The van der Waals surface area contributed by atoms with Gasteiger partial charge in [0.15, 0.2) is 0 Å². The first-order chi connectivity index (χ1) is 9.93. The van der Waals surface area contributed by atoms with Crippen LogP contribution in [0.5, 0.6) is 0 Å². The van der Waals surface area contributed by atoms with Crippen LogP contribution < -0.4 is 5.32 Å². The molecule has 0 saturated carbocycles. The average Bonchev–Trinajstić information content (AvgIpc) is 2.98. The minimum atomic E-state index is 0.579. The molecule has 0 radical (unpaired) electrons. The van der Waals surface area contributed by atoms with Crippen LogP contribution in [0.15, 0.2) is 36.7 Å². The molecule has 2 heterocycles. The second kappa shape index (κ2) is 6.66. The molecule has 0 bridgehead atoms. The van der Waals surface area contributed by atoms with Crippen LogP contribution in [0.1, 0.15) is 36.6 Å². The van der Waals surface area contributed by atoms with Crippen LogP contribution in [-0.4, -0.2) is 27.9 Å². The molecule has 4 heteroatoms. The zero-order valence-corrected chi connectivity index (χ0v) is 11.8. The summed E-state index contributed by atoms with van der Waals surface area (Å²) in [6, 6.07) is 10.7. The van der Waals surface area contributed by atoms with Crippen molar-refractivity contribution in [3.63, 3.8) is 0 Å². The van der Waals surface area contributed by atoms with E-state index in [0.717, 1.165) is 32.5 Å². The fourth-order valence-corrected chi connectivity index (χ4v) is 2.93. The lowest BCUT2D eigenvalue weighted by Gasteiger charge is -2.22. The number of hydrogen-bond donors (Lipinski definition) is 1. The largest absolute Gasteiger partial charge is 0.317 e. The van der Waals surface area contributed by atoms with E-state index in [1.165, 1.54) is 24.2 Å². The van der Waals surface area contributed by atoms with E-state index < -0.39 is 0 Å². The van der Waals surface area contributed by atoms with Crippen molar-refractivity contribution in [1.29, 1.82) is 0 Å². The summed E-state index contributed by atoms with van der Waals surface area (Å²) in [5.41, 5.74) is 1.41. The van der Waals surface area contributed by atoms with Gasteiger partial charge in [0.25, 0.3) is 0 Å². The minimum absolute atomic E-state index is 0.579. The maximum absolute atomic E-state index is 4.35. The predicted molar refractivity (Wildman–Crippen MR) is 79.6 cm³/mol. The Balaban J connectivity index is 1.56. The Morgan fingerprint density at radius 2 is 1.95 bits per heavy atom. The lowest BCUT2D eigenvalue weighted by Crippen LogP contribution is -2.28. The Bertz CT molecular complexity index is 514. The Morgan fingerprint density at radius 1 is 1.15 bits per heavy atom. The molecule has 1 fully saturated rings. The summed E-state index contributed by atoms with van der Waals surface area (Å²) >= 11 is 0. The molecule has 1 aromatic carbocycles. The molecule has 2 aromatic rings. The van der Waals surface area contributed by atoms with Crippen LogP contribution in [0.25, 0.3) is 0 Å². The van der Waals surface area contributed by atoms with Crippen LogP contribution >= 0.6 is 0 Å². The Kier molecular flexibility index (Phi) is 4.43. The van der Waals surface area contributed by atoms with Gasteiger partial charge < -0.3 is 9.88 Å². The van der Waals surface area contributed by atoms with Gasteiger partial charge in [0.1, 0.15) is 12.2 Å². The van der Waals surface area contributed by atoms with E-state index >= 15 is 0 Å². The highest BCUT2D eigenvalue weighted by molar-refractivity contribution is 5.14. The molecule has 20 heavy (non-hydrogen) atoms. The van der Waals surface area contributed by atoms with Gasteiger partial charge in [-0.1, -0.05) is 30.3 Å². The fourth-order valence-electron chi connectivity index (χ4n) is 2.93. The second-order valence-corrected chi connectivity index (χ2v) is 5.50. The van der Waals surface area contributed by atoms with Crippen molar-refractivity contribution in [3.8, 4) is 0 Å². The third kappa shape index (κ3) is 3.25. The number of piperidine rings is 1. The maximum Gasteiger partial charge on any atom is 0.136 e. The van der Waals surface area contributed by atoms with Crippen molar-refractivity contribution < 1.29 is 0 Å². The summed E-state index contributed by atoms with van der Waals surface area (Å²) in [6.07, 6.45) is 6.50. The molecule has 1 aromatic heterocycles. The molecule has 0 spiro atoms. The van der Waals surface area contributed by atoms with Gasteiger partial charge in [-0.05, 0) is 44.3 Å². The lowest BCUT2D eigenvalue weighted by atomic mass is 9.97. The predicted octanol–water partition coefficient (Wildman–Crippen LogP) is 2.38. The molecular weight excluding hydrogens is 248 g/mol. The topological polar surface area (TPSA) is 42.7 Å². The first-order valence-electron chi connectivity index (χ1n) is 7.56. The lowest BCUT2D eigenvalue weighted by molar-refractivity contribution is 0.427. The quantitative estimate of drug-likeness (QED) is 0.907. The normalized spacial score (nSPS) is 16.4. The van der Waals surface area contributed by atoms with Crippen LogP contribution in [0.2, 0.25) is 0 Å². The van der Waals surface area contributed by atoms with Crippen LogP contribution in [0.4, 0.5) is 0 Å². The number of hydrogen-bond acceptors (Lipinski definition) is 3. The molecule has 106 valence electrons. The number of benzene rings is 1. The van der Waals surface area contributed by atoms with E-state index in [1.54, 1.807) is 0 Å². The average molecular weight is 270 g/mol. The van der Waals surface area contributed by atoms with Gasteiger partial charge in [-0.25, -0.2) is 0 Å². The third-order valence-electron chi connectivity index (χ3n) is 4.06. The number of aromatic nitrogens is 3. The van der Waals surface area contributed by atoms with E-state index in [4.69, 9.17) is 0 Å². The van der Waals surface area contributed by atoms with Gasteiger partial charge in [-0.3, -0.25) is 0 Å². The summed E-state index contributed by atoms with van der Waals surface area (Å²) < 4.78 is 2.25. The first kappa shape index (κ1) is 13.3. The SMILES string of the molecule is c1ccc(CCCn2cnnc2C2CCNCC2)cc1. The number of aryl methyl sites for hydroxylation is 2. The third-order valence-corrected chi connectivity index (χ3v) is 4.06. The fraction of sp³-hybridized carbons (Fsp3) is 0.500. The van der Waals surface area contributed by atoms with Crippen molar-refractivity contribution >= 4 is 0 Å². The van der Waals surface area contributed by atoms with Crippen LogP contribution in [0, 0.1) is 0 Å². The molecule has 1 N–H and O–H groups in total. The zero-order chi connectivity index (χ0) is 13.6. The van der Waals surface area contributed by atoms with Gasteiger partial charge >= 0.3 is 0 Å². The highest BCUT2D eigenvalue weighted by Crippen LogP contribution is 2.23. The zero-order valence-electron chi connectivity index (χ0n) is 11.8. The van der Waals surface area contributed by atoms with E-state index in [0.29, 0.717) is 5.92 Å². The summed E-state index contributed by atoms with van der Waals surface area (Å²) in [7, 11) is 0. The Morgan fingerprint density at radius 3 is 2.75 bits per heavy atom. The molecular formula is C16H22N4. The van der Waals surface area contributed by atoms with E-state index in [-0.39, 0.29) is 0 Å². The van der Waals surface area contributed by atoms with Crippen molar-refractivity contribution in [2.45, 2.75) is 38.1 Å². The minimum Gasteiger partial charge on any atom is -0.317 e. The van der Waals surface area contributed by atoms with Crippen molar-refractivity contribution in [2.24, 2.45) is 0 Å². The van der Waals surface area contributed by atoms with Gasteiger partial charge in [-0.2, -0.15) is 0 Å². The summed E-state index contributed by atoms with van der Waals surface area (Å²) in [5, 5.41) is 11.9. The highest BCUT2D eigenvalue weighted by Gasteiger charge is 2.20. The molecule has 0 atom stereocenters. The summed E-state index contributed by atoms with van der Waals surface area (Å²) in [6.45, 7) is 3.21. The molecule has 1 aliphatic heterocycles. The number of nitrogens with zero attached hydrogens (tertiary/aromatic N) is 3. The smallest absolute Gasteiger partial charge is 0.136 e. The van der Waals surface area contributed by atoms with Gasteiger partial charge in [0.05, 0.1) is 0 Å². The molecule has 0 aliphatic carbocycles. The van der Waals surface area contributed by atoms with Crippen LogP contribution in [0.3, 0.4) is 0 Å². The maximum atomic E-state index is 4.35. The molecule has 0 amide bonds. The summed E-state index contributed by atoms with van der Waals surface area (Å²) in [5.74, 6) is 1.76. The Hall–Kier alpha value is -1.68. The van der Waals surface area contributed by atoms with Crippen molar-refractivity contribution in [2.75, 3.05) is 13.1 Å². The highest BCUT2D eigenvalue weighted by atomic mass is 15.3. The van der Waals surface area contributed by atoms with Crippen molar-refractivity contribution in [1.82, 2.24) is 20.1 Å². The second-order valence-electron chi connectivity index (χ2n) is 5.50. The molecule has 1 aliphatic rings. The molecule has 4 nitrogen and oxygen atoms in total. The van der Waals surface area contributed by atoms with E-state index in [9.17, 15) is 0 Å². The van der Waals surface area contributed by atoms with Crippen LogP contribution in [-0.2, 0) is 13.0 Å².